The molecule has 0 radical (unpaired) electrons. The summed E-state index contributed by atoms with van der Waals surface area (Å²) in [5, 5.41) is 11.1. The van der Waals surface area contributed by atoms with Gasteiger partial charge in [-0.2, -0.15) is 0 Å². The van der Waals surface area contributed by atoms with Gasteiger partial charge in [-0.1, -0.05) is 6.07 Å². The molecule has 1 aromatic carbocycles. The topological polar surface area (TPSA) is 83.0 Å². The highest BCUT2D eigenvalue weighted by atomic mass is 16.5. The van der Waals surface area contributed by atoms with E-state index in [1.54, 1.807) is 42.6 Å². The van der Waals surface area contributed by atoms with Crippen molar-refractivity contribution in [1.82, 2.24) is 14.8 Å². The summed E-state index contributed by atoms with van der Waals surface area (Å²) in [5.41, 5.74) is 1.89. The highest BCUT2D eigenvalue weighted by Crippen LogP contribution is 2.38. The molecule has 7 heteroatoms. The van der Waals surface area contributed by atoms with Crippen LogP contribution >= 0.6 is 0 Å². The maximum atomic E-state index is 12.9. The maximum Gasteiger partial charge on any atom is 0.295 e. The van der Waals surface area contributed by atoms with Crippen molar-refractivity contribution in [3.05, 3.63) is 65.0 Å². The summed E-state index contributed by atoms with van der Waals surface area (Å²) >= 11 is 0. The number of pyridine rings is 1. The number of aromatic nitrogens is 1. The van der Waals surface area contributed by atoms with Crippen molar-refractivity contribution in [2.75, 3.05) is 33.8 Å². The van der Waals surface area contributed by atoms with Gasteiger partial charge in [0.05, 0.1) is 17.9 Å². The molecule has 1 N–H and O–H groups in total. The zero-order valence-corrected chi connectivity index (χ0v) is 17.8. The molecule has 1 atom stereocenters. The Kier molecular flexibility index (Phi) is 6.52. The smallest absolute Gasteiger partial charge is 0.295 e. The lowest BCUT2D eigenvalue weighted by molar-refractivity contribution is -0.140. The third-order valence-corrected chi connectivity index (χ3v) is 5.04. The normalized spacial score (nSPS) is 18.3. The van der Waals surface area contributed by atoms with Crippen LogP contribution in [0.5, 0.6) is 5.75 Å². The van der Waals surface area contributed by atoms with Crippen molar-refractivity contribution < 1.29 is 19.4 Å². The Bertz CT molecular complexity index is 970. The molecule has 3 rings (SSSR count). The van der Waals surface area contributed by atoms with E-state index in [0.717, 1.165) is 5.56 Å². The van der Waals surface area contributed by atoms with Crippen LogP contribution < -0.4 is 4.74 Å². The standard InChI is InChI=1S/C23H27N3O4/c1-5-30-18-10-9-16(14-15(18)2)21(27)19-20(17-8-6-7-11-24-17)26(13-12-25(3)4)23(29)22(19)28/h6-11,14,20,27H,5,12-13H2,1-4H3/b21-19-. The van der Waals surface area contributed by atoms with Crippen molar-refractivity contribution in [1.29, 1.82) is 0 Å². The number of nitrogens with zero attached hydrogens (tertiary/aromatic N) is 3. The fourth-order valence-electron chi connectivity index (χ4n) is 3.53. The van der Waals surface area contributed by atoms with Gasteiger partial charge < -0.3 is 19.6 Å². The Morgan fingerprint density at radius 1 is 1.23 bits per heavy atom. The van der Waals surface area contributed by atoms with Crippen LogP contribution in [0.1, 0.15) is 29.8 Å². The first-order chi connectivity index (χ1) is 14.3. The highest BCUT2D eigenvalue weighted by molar-refractivity contribution is 6.46. The molecule has 1 saturated heterocycles. The molecule has 1 aliphatic heterocycles. The van der Waals surface area contributed by atoms with Gasteiger partial charge in [0.25, 0.3) is 11.7 Å². The van der Waals surface area contributed by atoms with Crippen molar-refractivity contribution in [2.24, 2.45) is 0 Å². The Morgan fingerprint density at radius 2 is 2.00 bits per heavy atom. The Hall–Kier alpha value is -3.19. The van der Waals surface area contributed by atoms with E-state index in [-0.39, 0.29) is 11.3 Å². The molecule has 0 saturated carbocycles. The van der Waals surface area contributed by atoms with Gasteiger partial charge in [-0.15, -0.1) is 0 Å². The number of likely N-dealkylation sites (N-methyl/N-ethyl adjacent to an activating group) is 1. The molecule has 158 valence electrons. The molecule has 2 aromatic rings. The lowest BCUT2D eigenvalue weighted by atomic mass is 9.97. The van der Waals surface area contributed by atoms with Crippen LogP contribution in [0.25, 0.3) is 5.76 Å². The second-order valence-electron chi connectivity index (χ2n) is 7.46. The number of rotatable bonds is 7. The summed E-state index contributed by atoms with van der Waals surface area (Å²) in [6.45, 7) is 5.22. The molecule has 1 amide bonds. The minimum atomic E-state index is -0.738. The van der Waals surface area contributed by atoms with Gasteiger partial charge in [0.15, 0.2) is 0 Å². The number of aliphatic hydroxyl groups is 1. The van der Waals surface area contributed by atoms with E-state index < -0.39 is 17.7 Å². The van der Waals surface area contributed by atoms with Crippen molar-refractivity contribution in [3.63, 3.8) is 0 Å². The quantitative estimate of drug-likeness (QED) is 0.430. The molecule has 2 heterocycles. The van der Waals surface area contributed by atoms with Gasteiger partial charge in [0.2, 0.25) is 0 Å². The first-order valence-corrected chi connectivity index (χ1v) is 9.93. The van der Waals surface area contributed by atoms with E-state index in [2.05, 4.69) is 4.98 Å². The number of carbonyl (C=O) groups is 2. The lowest BCUT2D eigenvalue weighted by Gasteiger charge is -2.25. The molecule has 7 nitrogen and oxygen atoms in total. The molecule has 0 bridgehead atoms. The van der Waals surface area contributed by atoms with Crippen LogP contribution in [-0.2, 0) is 9.59 Å². The molecule has 0 aliphatic carbocycles. The summed E-state index contributed by atoms with van der Waals surface area (Å²) in [6, 6.07) is 9.79. The number of hydrogen-bond acceptors (Lipinski definition) is 6. The van der Waals surface area contributed by atoms with Crippen LogP contribution in [0.4, 0.5) is 0 Å². The van der Waals surface area contributed by atoms with Gasteiger partial charge in [0, 0.05) is 24.8 Å². The van der Waals surface area contributed by atoms with Gasteiger partial charge in [-0.25, -0.2) is 0 Å². The minimum Gasteiger partial charge on any atom is -0.507 e. The molecule has 1 aliphatic rings. The minimum absolute atomic E-state index is 0.0565. The van der Waals surface area contributed by atoms with Gasteiger partial charge >= 0.3 is 0 Å². The van der Waals surface area contributed by atoms with E-state index in [1.165, 1.54) is 4.90 Å². The number of carbonyl (C=O) groups excluding carboxylic acids is 2. The second kappa shape index (κ2) is 9.09. The molecule has 1 unspecified atom stereocenters. The van der Waals surface area contributed by atoms with Crippen molar-refractivity contribution >= 4 is 17.4 Å². The van der Waals surface area contributed by atoms with Crippen LogP contribution in [-0.4, -0.2) is 65.4 Å². The Morgan fingerprint density at radius 3 is 2.60 bits per heavy atom. The van der Waals surface area contributed by atoms with Gasteiger partial charge in [-0.05, 0) is 63.8 Å². The predicted molar refractivity (Wildman–Crippen MR) is 114 cm³/mol. The average Bonchev–Trinajstić information content (AvgIpc) is 2.98. The first-order valence-electron chi connectivity index (χ1n) is 9.93. The second-order valence-corrected chi connectivity index (χ2v) is 7.46. The number of Topliss-reactive ketones (excluding diaryl/α,β-unsaturated/α-hetero) is 1. The molecule has 1 aromatic heterocycles. The molecular formula is C23H27N3O4. The van der Waals surface area contributed by atoms with E-state index in [9.17, 15) is 14.7 Å². The number of hydrogen-bond donors (Lipinski definition) is 1. The van der Waals surface area contributed by atoms with E-state index in [1.807, 2.05) is 32.8 Å². The molecule has 0 spiro atoms. The fraction of sp³-hybridized carbons (Fsp3) is 0.348. The molecule has 1 fully saturated rings. The summed E-state index contributed by atoms with van der Waals surface area (Å²) in [4.78, 5) is 33.5. The molecule has 30 heavy (non-hydrogen) atoms. The SMILES string of the molecule is CCOc1ccc(/C(O)=C2/C(=O)C(=O)N(CCN(C)C)C2c2ccccn2)cc1C. The fourth-order valence-corrected chi connectivity index (χ4v) is 3.53. The Labute approximate surface area is 176 Å². The average molecular weight is 409 g/mol. The van der Waals surface area contributed by atoms with Crippen LogP contribution in [0.3, 0.4) is 0 Å². The maximum absolute atomic E-state index is 12.9. The van der Waals surface area contributed by atoms with Gasteiger partial charge in [-0.3, -0.25) is 14.6 Å². The summed E-state index contributed by atoms with van der Waals surface area (Å²) in [5.74, 6) is -0.825. The number of amides is 1. The van der Waals surface area contributed by atoms with E-state index >= 15 is 0 Å². The van der Waals surface area contributed by atoms with E-state index in [0.29, 0.717) is 36.7 Å². The summed E-state index contributed by atoms with van der Waals surface area (Å²) in [7, 11) is 3.80. The van der Waals surface area contributed by atoms with E-state index in [4.69, 9.17) is 4.74 Å². The largest absolute Gasteiger partial charge is 0.507 e. The summed E-state index contributed by atoms with van der Waals surface area (Å²) < 4.78 is 5.56. The van der Waals surface area contributed by atoms with Crippen molar-refractivity contribution in [2.45, 2.75) is 19.9 Å². The Balaban J connectivity index is 2.10. The highest BCUT2D eigenvalue weighted by Gasteiger charge is 2.46. The van der Waals surface area contributed by atoms with Gasteiger partial charge in [0.1, 0.15) is 17.6 Å². The van der Waals surface area contributed by atoms with Crippen LogP contribution in [0.15, 0.2) is 48.2 Å². The number of ketones is 1. The van der Waals surface area contributed by atoms with Crippen LogP contribution in [0.2, 0.25) is 0 Å². The third-order valence-electron chi connectivity index (χ3n) is 5.04. The van der Waals surface area contributed by atoms with Crippen LogP contribution in [0, 0.1) is 6.92 Å². The number of aliphatic hydroxyl groups excluding tert-OH is 1. The predicted octanol–water partition coefficient (Wildman–Crippen LogP) is 2.77. The number of ether oxygens (including phenoxy) is 1. The summed E-state index contributed by atoms with van der Waals surface area (Å²) in [6.07, 6.45) is 1.61. The number of likely N-dealkylation sites (tertiary alicyclic amines) is 1. The monoisotopic (exact) mass is 409 g/mol. The molecular weight excluding hydrogens is 382 g/mol. The zero-order chi connectivity index (χ0) is 21.8. The lowest BCUT2D eigenvalue weighted by Crippen LogP contribution is -2.35. The number of aryl methyl sites for hydroxylation is 1. The zero-order valence-electron chi connectivity index (χ0n) is 17.8. The van der Waals surface area contributed by atoms with Crippen molar-refractivity contribution in [3.8, 4) is 5.75 Å². The number of benzene rings is 1. The third kappa shape index (κ3) is 4.21. The first kappa shape index (κ1) is 21.5.